The van der Waals surface area contributed by atoms with Crippen molar-refractivity contribution in [2.75, 3.05) is 73.5 Å². The highest BCUT2D eigenvalue weighted by atomic mass is 17.2. The standard InChI is InChI=1S/C44H86N2O9/c1-5-7-9-11-13-15-17-19-21-23-25-27-35-53-43(48)30-29-41(44(49)54-36-28-26-24-22-20-18-16-14-12-10-8-6-2)45-42(47)31-32-46(34-38-55-51-4)33-37-52-40-39-50-3/h41H,5-40H2,1-4H3,(H,45,47). The van der Waals surface area contributed by atoms with Crippen LogP contribution in [0.5, 0.6) is 0 Å². The van der Waals surface area contributed by atoms with E-state index in [0.29, 0.717) is 59.3 Å². The van der Waals surface area contributed by atoms with Crippen molar-refractivity contribution in [2.24, 2.45) is 0 Å². The number of carbonyl (C=O) groups excluding carboxylic acids is 3. The van der Waals surface area contributed by atoms with Gasteiger partial charge >= 0.3 is 11.9 Å². The van der Waals surface area contributed by atoms with Crippen molar-refractivity contribution in [3.8, 4) is 0 Å². The lowest BCUT2D eigenvalue weighted by Crippen LogP contribution is -2.43. The monoisotopic (exact) mass is 787 g/mol. The van der Waals surface area contributed by atoms with E-state index in [1.807, 2.05) is 4.90 Å². The van der Waals surface area contributed by atoms with Crippen LogP contribution in [0.4, 0.5) is 0 Å². The van der Waals surface area contributed by atoms with Gasteiger partial charge in [-0.15, -0.1) is 0 Å². The van der Waals surface area contributed by atoms with Crippen molar-refractivity contribution in [1.82, 2.24) is 10.2 Å². The Kier molecular flexibility index (Phi) is 41.9. The minimum absolute atomic E-state index is 0.0379. The normalized spacial score (nSPS) is 11.9. The fraction of sp³-hybridized carbons (Fsp3) is 0.932. The molecule has 0 saturated heterocycles. The predicted molar refractivity (Wildman–Crippen MR) is 222 cm³/mol. The highest BCUT2D eigenvalue weighted by Gasteiger charge is 2.24. The molecule has 0 aromatic rings. The quantitative estimate of drug-likeness (QED) is 0.0277. The second kappa shape index (κ2) is 43.3. The molecule has 1 unspecified atom stereocenters. The molecule has 11 nitrogen and oxygen atoms in total. The second-order valence-corrected chi connectivity index (χ2v) is 15.0. The van der Waals surface area contributed by atoms with E-state index in [-0.39, 0.29) is 31.1 Å². The zero-order chi connectivity index (χ0) is 40.3. The van der Waals surface area contributed by atoms with Gasteiger partial charge in [0.1, 0.15) is 6.04 Å². The Labute approximate surface area is 337 Å². The molecule has 11 heteroatoms. The first kappa shape index (κ1) is 53.2. The fourth-order valence-corrected chi connectivity index (χ4v) is 6.48. The Morgan fingerprint density at radius 1 is 0.509 bits per heavy atom. The average molecular weight is 787 g/mol. The summed E-state index contributed by atoms with van der Waals surface area (Å²) in [5.74, 6) is -1.13. The van der Waals surface area contributed by atoms with Gasteiger partial charge in [0.2, 0.25) is 5.91 Å². The van der Waals surface area contributed by atoms with E-state index in [1.165, 1.54) is 123 Å². The molecule has 1 atom stereocenters. The van der Waals surface area contributed by atoms with Crippen LogP contribution in [0.2, 0.25) is 0 Å². The Bertz CT molecular complexity index is 848. The summed E-state index contributed by atoms with van der Waals surface area (Å²) in [5.41, 5.74) is 0. The van der Waals surface area contributed by atoms with Gasteiger partial charge in [0.05, 0.1) is 46.8 Å². The van der Waals surface area contributed by atoms with E-state index < -0.39 is 12.0 Å². The van der Waals surface area contributed by atoms with Crippen LogP contribution in [0.25, 0.3) is 0 Å². The van der Waals surface area contributed by atoms with Crippen LogP contribution in [0.3, 0.4) is 0 Å². The third-order valence-electron chi connectivity index (χ3n) is 10.0. The summed E-state index contributed by atoms with van der Waals surface area (Å²) >= 11 is 0. The Morgan fingerprint density at radius 3 is 1.47 bits per heavy atom. The molecule has 1 amide bonds. The molecule has 0 radical (unpaired) electrons. The summed E-state index contributed by atoms with van der Waals surface area (Å²) in [6, 6.07) is -0.910. The lowest BCUT2D eigenvalue weighted by atomic mass is 10.1. The van der Waals surface area contributed by atoms with Gasteiger partial charge in [-0.25, -0.2) is 14.6 Å². The number of rotatable bonds is 44. The molecule has 0 aliphatic heterocycles. The van der Waals surface area contributed by atoms with Gasteiger partial charge in [0.15, 0.2) is 0 Å². The first-order chi connectivity index (χ1) is 27.0. The number of carbonyl (C=O) groups is 3. The van der Waals surface area contributed by atoms with E-state index in [4.69, 9.17) is 28.7 Å². The molecule has 0 heterocycles. The van der Waals surface area contributed by atoms with Crippen LogP contribution < -0.4 is 5.32 Å². The number of unbranched alkanes of at least 4 members (excludes halogenated alkanes) is 22. The average Bonchev–Trinajstić information content (AvgIpc) is 3.18. The molecule has 326 valence electrons. The van der Waals surface area contributed by atoms with Crippen LogP contribution in [-0.2, 0) is 43.1 Å². The molecular weight excluding hydrogens is 700 g/mol. The predicted octanol–water partition coefficient (Wildman–Crippen LogP) is 9.67. The molecule has 55 heavy (non-hydrogen) atoms. The van der Waals surface area contributed by atoms with Gasteiger partial charge < -0.3 is 24.3 Å². The Hall–Kier alpha value is -1.79. The van der Waals surface area contributed by atoms with Crippen molar-refractivity contribution in [1.29, 1.82) is 0 Å². The van der Waals surface area contributed by atoms with Gasteiger partial charge in [-0.3, -0.25) is 14.5 Å². The molecule has 0 aromatic heterocycles. The maximum atomic E-state index is 13.2. The number of esters is 2. The molecule has 1 N–H and O–H groups in total. The highest BCUT2D eigenvalue weighted by molar-refractivity contribution is 5.85. The summed E-state index contributed by atoms with van der Waals surface area (Å²) in [7, 11) is 3.08. The van der Waals surface area contributed by atoms with Crippen molar-refractivity contribution in [2.45, 2.75) is 193 Å². The lowest BCUT2D eigenvalue weighted by Gasteiger charge is -2.22. The number of nitrogens with one attached hydrogen (secondary N) is 1. The number of methoxy groups -OCH3 is 1. The summed E-state index contributed by atoms with van der Waals surface area (Å²) in [6.45, 7) is 8.60. The van der Waals surface area contributed by atoms with E-state index in [2.05, 4.69) is 19.2 Å². The zero-order valence-corrected chi connectivity index (χ0v) is 36.2. The van der Waals surface area contributed by atoms with Crippen molar-refractivity contribution in [3.63, 3.8) is 0 Å². The molecule has 0 aliphatic rings. The minimum atomic E-state index is -0.910. The Balaban J connectivity index is 4.67. The van der Waals surface area contributed by atoms with E-state index in [9.17, 15) is 14.4 Å². The molecule has 0 saturated carbocycles. The maximum Gasteiger partial charge on any atom is 0.328 e. The topological polar surface area (TPSA) is 122 Å². The maximum absolute atomic E-state index is 13.2. The SMILES string of the molecule is CCCCCCCCCCCCCCOC(=O)CCC(NC(=O)CCN(CCOCCOC)CCOOC)C(=O)OCCCCCCCCCCCCCC. The molecular formula is C44H86N2O9. The van der Waals surface area contributed by atoms with E-state index in [0.717, 1.165) is 38.5 Å². The smallest absolute Gasteiger partial charge is 0.328 e. The number of ether oxygens (including phenoxy) is 4. The minimum Gasteiger partial charge on any atom is -0.466 e. The van der Waals surface area contributed by atoms with Gasteiger partial charge in [-0.2, -0.15) is 0 Å². The summed E-state index contributed by atoms with van der Waals surface area (Å²) in [5, 5.41) is 2.84. The second-order valence-electron chi connectivity index (χ2n) is 15.0. The van der Waals surface area contributed by atoms with Crippen LogP contribution >= 0.6 is 0 Å². The van der Waals surface area contributed by atoms with Crippen molar-refractivity contribution in [3.05, 3.63) is 0 Å². The summed E-state index contributed by atoms with van der Waals surface area (Å²) in [4.78, 5) is 50.6. The van der Waals surface area contributed by atoms with Crippen LogP contribution in [0, 0.1) is 0 Å². The Morgan fingerprint density at radius 2 is 0.982 bits per heavy atom. The molecule has 0 aliphatic carbocycles. The lowest BCUT2D eigenvalue weighted by molar-refractivity contribution is -0.273. The summed E-state index contributed by atoms with van der Waals surface area (Å²) < 4.78 is 21.7. The van der Waals surface area contributed by atoms with E-state index in [1.54, 1.807) is 7.11 Å². The van der Waals surface area contributed by atoms with Crippen molar-refractivity contribution >= 4 is 17.8 Å². The molecule has 0 aromatic carbocycles. The van der Waals surface area contributed by atoms with E-state index >= 15 is 0 Å². The zero-order valence-electron chi connectivity index (χ0n) is 36.2. The van der Waals surface area contributed by atoms with Gasteiger partial charge in [0.25, 0.3) is 0 Å². The molecule has 0 bridgehead atoms. The van der Waals surface area contributed by atoms with Gasteiger partial charge in [-0.05, 0) is 19.3 Å². The van der Waals surface area contributed by atoms with Gasteiger partial charge in [0, 0.05) is 39.6 Å². The number of amides is 1. The third-order valence-corrected chi connectivity index (χ3v) is 10.0. The largest absolute Gasteiger partial charge is 0.466 e. The fourth-order valence-electron chi connectivity index (χ4n) is 6.48. The molecule has 0 fully saturated rings. The number of hydrogen-bond donors (Lipinski definition) is 1. The first-order valence-electron chi connectivity index (χ1n) is 22.5. The number of nitrogens with zero attached hydrogens (tertiary/aromatic N) is 1. The van der Waals surface area contributed by atoms with Crippen LogP contribution in [0.15, 0.2) is 0 Å². The third kappa shape index (κ3) is 38.8. The first-order valence-corrected chi connectivity index (χ1v) is 22.5. The number of hydrogen-bond acceptors (Lipinski definition) is 10. The molecule has 0 rings (SSSR count). The van der Waals surface area contributed by atoms with Crippen LogP contribution in [-0.4, -0.2) is 102 Å². The summed E-state index contributed by atoms with van der Waals surface area (Å²) in [6.07, 6.45) is 30.0. The van der Waals surface area contributed by atoms with Crippen LogP contribution in [0.1, 0.15) is 187 Å². The molecule has 0 spiro atoms. The van der Waals surface area contributed by atoms with Gasteiger partial charge in [-0.1, -0.05) is 155 Å². The highest BCUT2D eigenvalue weighted by Crippen LogP contribution is 2.14. The van der Waals surface area contributed by atoms with Crippen molar-refractivity contribution < 1.29 is 43.1 Å².